The minimum atomic E-state index is -0.297. The number of amides is 1. The highest BCUT2D eigenvalue weighted by molar-refractivity contribution is 5.94. The third kappa shape index (κ3) is 4.31. The molecule has 0 unspecified atom stereocenters. The number of halogens is 1. The average molecular weight is 287 g/mol. The van der Waals surface area contributed by atoms with E-state index in [-0.39, 0.29) is 11.7 Å². The van der Waals surface area contributed by atoms with E-state index in [1.54, 1.807) is 24.1 Å². The van der Waals surface area contributed by atoms with Crippen molar-refractivity contribution in [3.8, 4) is 5.75 Å². The highest BCUT2D eigenvalue weighted by Gasteiger charge is 2.11. The lowest BCUT2D eigenvalue weighted by Crippen LogP contribution is -2.30. The van der Waals surface area contributed by atoms with Gasteiger partial charge >= 0.3 is 0 Å². The molecule has 0 spiro atoms. The summed E-state index contributed by atoms with van der Waals surface area (Å²) in [7, 11) is 1.73. The zero-order valence-electron chi connectivity index (χ0n) is 12.2. The Balaban J connectivity index is 1.83. The molecule has 21 heavy (non-hydrogen) atoms. The minimum Gasteiger partial charge on any atom is -0.492 e. The largest absolute Gasteiger partial charge is 0.492 e. The normalized spacial score (nSPS) is 10.2. The van der Waals surface area contributed by atoms with Gasteiger partial charge in [-0.05, 0) is 43.3 Å². The fraction of sp³-hybridized carbons (Fsp3) is 0.235. The van der Waals surface area contributed by atoms with Gasteiger partial charge in [0.1, 0.15) is 18.2 Å². The summed E-state index contributed by atoms with van der Waals surface area (Å²) in [5.41, 5.74) is 1.78. The van der Waals surface area contributed by atoms with Crippen molar-refractivity contribution in [3.05, 3.63) is 65.5 Å². The van der Waals surface area contributed by atoms with Gasteiger partial charge in [0.25, 0.3) is 5.91 Å². The lowest BCUT2D eigenvalue weighted by molar-refractivity contribution is 0.0774. The molecule has 2 aromatic carbocycles. The van der Waals surface area contributed by atoms with Gasteiger partial charge < -0.3 is 9.64 Å². The van der Waals surface area contributed by atoms with E-state index in [1.807, 2.05) is 31.2 Å². The molecule has 0 saturated carbocycles. The van der Waals surface area contributed by atoms with Crippen molar-refractivity contribution in [2.45, 2.75) is 6.92 Å². The summed E-state index contributed by atoms with van der Waals surface area (Å²) in [5.74, 6) is 0.249. The molecule has 0 aromatic heterocycles. The van der Waals surface area contributed by atoms with Gasteiger partial charge in [-0.2, -0.15) is 0 Å². The number of rotatable bonds is 5. The molecule has 110 valence electrons. The van der Waals surface area contributed by atoms with Crippen LogP contribution in [0.4, 0.5) is 4.39 Å². The fourth-order valence-electron chi connectivity index (χ4n) is 1.85. The van der Waals surface area contributed by atoms with Gasteiger partial charge in [0.15, 0.2) is 0 Å². The summed E-state index contributed by atoms with van der Waals surface area (Å²) < 4.78 is 18.2. The number of likely N-dealkylation sites (N-methyl/N-ethyl adjacent to an activating group) is 1. The predicted molar refractivity (Wildman–Crippen MR) is 80.0 cm³/mol. The van der Waals surface area contributed by atoms with Gasteiger partial charge in [-0.25, -0.2) is 4.39 Å². The Morgan fingerprint density at radius 1 is 1.10 bits per heavy atom. The van der Waals surface area contributed by atoms with Crippen LogP contribution in [0.5, 0.6) is 5.75 Å². The second kappa shape index (κ2) is 6.88. The highest BCUT2D eigenvalue weighted by atomic mass is 19.1. The molecule has 0 fully saturated rings. The van der Waals surface area contributed by atoms with Crippen molar-refractivity contribution in [3.63, 3.8) is 0 Å². The van der Waals surface area contributed by atoms with Gasteiger partial charge in [0.05, 0.1) is 6.54 Å². The molecule has 0 aliphatic rings. The van der Waals surface area contributed by atoms with Crippen LogP contribution in [-0.4, -0.2) is 31.0 Å². The Labute approximate surface area is 124 Å². The summed E-state index contributed by atoms with van der Waals surface area (Å²) in [6.45, 7) is 2.80. The summed E-state index contributed by atoms with van der Waals surface area (Å²) in [6, 6.07) is 13.3. The van der Waals surface area contributed by atoms with E-state index in [2.05, 4.69) is 0 Å². The third-order valence-corrected chi connectivity index (χ3v) is 3.15. The SMILES string of the molecule is Cc1ccc(C(=O)N(C)CCOc2ccc(F)cc2)cc1. The molecule has 0 saturated heterocycles. The molecule has 1 amide bonds. The summed E-state index contributed by atoms with van der Waals surface area (Å²) >= 11 is 0. The van der Waals surface area contributed by atoms with Gasteiger partial charge in [0, 0.05) is 12.6 Å². The van der Waals surface area contributed by atoms with Crippen LogP contribution in [0, 0.1) is 12.7 Å². The van der Waals surface area contributed by atoms with Gasteiger partial charge in [-0.3, -0.25) is 4.79 Å². The number of carbonyl (C=O) groups is 1. The minimum absolute atomic E-state index is 0.0438. The third-order valence-electron chi connectivity index (χ3n) is 3.15. The monoisotopic (exact) mass is 287 g/mol. The predicted octanol–water partition coefficient (Wildman–Crippen LogP) is 3.29. The van der Waals surface area contributed by atoms with Crippen LogP contribution in [-0.2, 0) is 0 Å². The standard InChI is InChI=1S/C17H18FNO2/c1-13-3-5-14(6-4-13)17(20)19(2)11-12-21-16-9-7-15(18)8-10-16/h3-10H,11-12H2,1-2H3. The fourth-order valence-corrected chi connectivity index (χ4v) is 1.85. The van der Waals surface area contributed by atoms with Crippen molar-refractivity contribution in [2.24, 2.45) is 0 Å². The topological polar surface area (TPSA) is 29.5 Å². The summed E-state index contributed by atoms with van der Waals surface area (Å²) in [4.78, 5) is 13.8. The van der Waals surface area contributed by atoms with Crippen LogP contribution >= 0.6 is 0 Å². The van der Waals surface area contributed by atoms with E-state index in [1.165, 1.54) is 12.1 Å². The van der Waals surface area contributed by atoms with Crippen LogP contribution in [0.1, 0.15) is 15.9 Å². The van der Waals surface area contributed by atoms with Gasteiger partial charge in [-0.15, -0.1) is 0 Å². The van der Waals surface area contributed by atoms with Crippen LogP contribution in [0.2, 0.25) is 0 Å². The molecule has 3 nitrogen and oxygen atoms in total. The number of nitrogens with zero attached hydrogens (tertiary/aromatic N) is 1. The molecule has 0 heterocycles. The Bertz CT molecular complexity index is 593. The maximum atomic E-state index is 12.8. The van der Waals surface area contributed by atoms with Crippen molar-refractivity contribution >= 4 is 5.91 Å². The molecule has 0 N–H and O–H groups in total. The maximum Gasteiger partial charge on any atom is 0.253 e. The molecule has 0 aliphatic heterocycles. The second-order valence-electron chi connectivity index (χ2n) is 4.90. The number of hydrogen-bond donors (Lipinski definition) is 0. The van der Waals surface area contributed by atoms with Crippen LogP contribution in [0.3, 0.4) is 0 Å². The number of ether oxygens (including phenoxy) is 1. The number of carbonyl (C=O) groups excluding carboxylic acids is 1. The van der Waals surface area contributed by atoms with Crippen molar-refractivity contribution in [1.82, 2.24) is 4.90 Å². The maximum absolute atomic E-state index is 12.8. The molecule has 0 aliphatic carbocycles. The lowest BCUT2D eigenvalue weighted by Gasteiger charge is -2.17. The lowest BCUT2D eigenvalue weighted by atomic mass is 10.1. The molecule has 4 heteroatoms. The number of benzene rings is 2. The Morgan fingerprint density at radius 2 is 1.71 bits per heavy atom. The summed E-state index contributed by atoms with van der Waals surface area (Å²) in [5, 5.41) is 0. The first kappa shape index (κ1) is 15.0. The molecule has 0 radical (unpaired) electrons. The molecule has 0 atom stereocenters. The molecule has 0 bridgehead atoms. The van der Waals surface area contributed by atoms with Crippen LogP contribution < -0.4 is 4.74 Å². The molecular formula is C17H18FNO2. The first-order valence-corrected chi connectivity index (χ1v) is 6.77. The molecular weight excluding hydrogens is 269 g/mol. The Kier molecular flexibility index (Phi) is 4.93. The second-order valence-corrected chi connectivity index (χ2v) is 4.90. The number of aryl methyl sites for hydroxylation is 1. The number of hydrogen-bond acceptors (Lipinski definition) is 2. The quantitative estimate of drug-likeness (QED) is 0.844. The first-order chi connectivity index (χ1) is 10.1. The van der Waals surface area contributed by atoms with E-state index < -0.39 is 0 Å². The smallest absolute Gasteiger partial charge is 0.253 e. The van der Waals surface area contributed by atoms with E-state index in [0.717, 1.165) is 5.56 Å². The zero-order valence-corrected chi connectivity index (χ0v) is 12.2. The van der Waals surface area contributed by atoms with Crippen molar-refractivity contribution in [2.75, 3.05) is 20.2 Å². The average Bonchev–Trinajstić information content (AvgIpc) is 2.49. The van der Waals surface area contributed by atoms with Crippen LogP contribution in [0.25, 0.3) is 0 Å². The Morgan fingerprint density at radius 3 is 2.33 bits per heavy atom. The highest BCUT2D eigenvalue weighted by Crippen LogP contribution is 2.11. The summed E-state index contributed by atoms with van der Waals surface area (Å²) in [6.07, 6.45) is 0. The Hall–Kier alpha value is -2.36. The molecule has 2 aromatic rings. The van der Waals surface area contributed by atoms with Crippen LogP contribution in [0.15, 0.2) is 48.5 Å². The zero-order chi connectivity index (χ0) is 15.2. The first-order valence-electron chi connectivity index (χ1n) is 6.77. The van der Waals surface area contributed by atoms with Gasteiger partial charge in [-0.1, -0.05) is 17.7 Å². The van der Waals surface area contributed by atoms with Crippen molar-refractivity contribution in [1.29, 1.82) is 0 Å². The van der Waals surface area contributed by atoms with E-state index in [9.17, 15) is 9.18 Å². The molecule has 2 rings (SSSR count). The van der Waals surface area contributed by atoms with E-state index >= 15 is 0 Å². The van der Waals surface area contributed by atoms with E-state index in [0.29, 0.717) is 24.5 Å². The van der Waals surface area contributed by atoms with Crippen molar-refractivity contribution < 1.29 is 13.9 Å². The van der Waals surface area contributed by atoms with E-state index in [4.69, 9.17) is 4.74 Å². The van der Waals surface area contributed by atoms with Gasteiger partial charge in [0.2, 0.25) is 0 Å².